The van der Waals surface area contributed by atoms with Crippen LogP contribution in [0.2, 0.25) is 0 Å². The minimum Gasteiger partial charge on any atom is -0.442 e. The molecule has 1 atom stereocenters. The molecule has 9 nitrogen and oxygen atoms in total. The van der Waals surface area contributed by atoms with Gasteiger partial charge in [-0.25, -0.2) is 14.2 Å². The molecule has 3 heterocycles. The largest absolute Gasteiger partial charge is 0.442 e. The van der Waals surface area contributed by atoms with E-state index in [1.807, 2.05) is 9.91 Å². The van der Waals surface area contributed by atoms with E-state index in [1.54, 1.807) is 17.1 Å². The molecule has 29 heavy (non-hydrogen) atoms. The fourth-order valence-corrected chi connectivity index (χ4v) is 3.95. The van der Waals surface area contributed by atoms with Gasteiger partial charge in [0.15, 0.2) is 0 Å². The number of rotatable bonds is 4. The van der Waals surface area contributed by atoms with Gasteiger partial charge in [0.25, 0.3) is 0 Å². The molecule has 3 fully saturated rings. The van der Waals surface area contributed by atoms with Crippen molar-refractivity contribution in [1.29, 1.82) is 0 Å². The zero-order valence-electron chi connectivity index (χ0n) is 16.3. The van der Waals surface area contributed by atoms with Gasteiger partial charge >= 0.3 is 6.09 Å². The Balaban J connectivity index is 1.44. The molecule has 10 heteroatoms. The second-order valence-corrected chi connectivity index (χ2v) is 7.40. The van der Waals surface area contributed by atoms with Crippen LogP contribution in [0.4, 0.5) is 20.6 Å². The lowest BCUT2D eigenvalue weighted by molar-refractivity contribution is -0.136. The maximum atomic E-state index is 14.9. The average molecular weight is 405 g/mol. The SMILES string of the molecule is CC(=O)NC[C@H]1CN(c2ccc(N3CCN4CCC(=O)N4CC3)c(F)c2)C(=O)O1. The van der Waals surface area contributed by atoms with Gasteiger partial charge in [-0.3, -0.25) is 19.5 Å². The van der Waals surface area contributed by atoms with Gasteiger partial charge in [0.05, 0.1) is 31.0 Å². The molecule has 3 aliphatic heterocycles. The van der Waals surface area contributed by atoms with Crippen molar-refractivity contribution in [3.8, 4) is 0 Å². The summed E-state index contributed by atoms with van der Waals surface area (Å²) in [5, 5.41) is 6.38. The van der Waals surface area contributed by atoms with E-state index in [0.29, 0.717) is 50.5 Å². The lowest BCUT2D eigenvalue weighted by atomic mass is 10.2. The Bertz CT molecular complexity index is 835. The molecule has 1 N–H and O–H groups in total. The number of carbonyl (C=O) groups excluding carboxylic acids is 3. The van der Waals surface area contributed by atoms with Crippen LogP contribution < -0.4 is 15.1 Å². The molecule has 0 unspecified atom stereocenters. The van der Waals surface area contributed by atoms with Crippen LogP contribution in [0.5, 0.6) is 0 Å². The minimum absolute atomic E-state index is 0.115. The highest BCUT2D eigenvalue weighted by atomic mass is 19.1. The number of carbonyl (C=O) groups is 3. The highest BCUT2D eigenvalue weighted by molar-refractivity contribution is 5.90. The van der Waals surface area contributed by atoms with Crippen molar-refractivity contribution in [3.63, 3.8) is 0 Å². The second-order valence-electron chi connectivity index (χ2n) is 7.40. The van der Waals surface area contributed by atoms with Gasteiger partial charge in [-0.1, -0.05) is 0 Å². The quantitative estimate of drug-likeness (QED) is 0.788. The predicted octanol–water partition coefficient (Wildman–Crippen LogP) is 0.556. The number of nitrogens with zero attached hydrogens (tertiary/aromatic N) is 4. The van der Waals surface area contributed by atoms with Gasteiger partial charge in [-0.05, 0) is 18.2 Å². The third-order valence-electron chi connectivity index (χ3n) is 5.46. The van der Waals surface area contributed by atoms with E-state index in [-0.39, 0.29) is 24.9 Å². The van der Waals surface area contributed by atoms with Crippen molar-refractivity contribution in [2.75, 3.05) is 55.6 Å². The van der Waals surface area contributed by atoms with Crippen LogP contribution in [0, 0.1) is 5.82 Å². The Morgan fingerprint density at radius 3 is 2.76 bits per heavy atom. The molecule has 4 rings (SSSR count). The number of hydrogen-bond acceptors (Lipinski definition) is 6. The Kier molecular flexibility index (Phi) is 5.27. The van der Waals surface area contributed by atoms with Gasteiger partial charge in [0.2, 0.25) is 11.8 Å². The first-order valence-electron chi connectivity index (χ1n) is 9.74. The standard InChI is InChI=1S/C19H24FN5O4/c1-13(26)21-11-15-12-24(19(28)29-15)14-2-3-17(16(20)10-14)22-6-8-23-5-4-18(27)25(23)9-7-22/h2-3,10,15H,4-9,11-12H2,1H3,(H,21,26)/t15-/m0/s1. The van der Waals surface area contributed by atoms with E-state index < -0.39 is 18.0 Å². The Hall–Kier alpha value is -2.88. The number of hydrogen-bond donors (Lipinski definition) is 1. The lowest BCUT2D eigenvalue weighted by Gasteiger charge is -2.24. The fraction of sp³-hybridized carbons (Fsp3) is 0.526. The van der Waals surface area contributed by atoms with Crippen LogP contribution in [0.15, 0.2) is 18.2 Å². The highest BCUT2D eigenvalue weighted by Gasteiger charge is 2.34. The summed E-state index contributed by atoms with van der Waals surface area (Å²) in [6, 6.07) is 4.68. The molecule has 3 aliphatic rings. The van der Waals surface area contributed by atoms with Crippen LogP contribution in [0.25, 0.3) is 0 Å². The summed E-state index contributed by atoms with van der Waals surface area (Å²) >= 11 is 0. The summed E-state index contributed by atoms with van der Waals surface area (Å²) in [5.41, 5.74) is 0.863. The number of cyclic esters (lactones) is 1. The maximum absolute atomic E-state index is 14.9. The first-order chi connectivity index (χ1) is 13.9. The van der Waals surface area contributed by atoms with E-state index in [2.05, 4.69) is 5.32 Å². The number of ether oxygens (including phenoxy) is 1. The van der Waals surface area contributed by atoms with Crippen LogP contribution in [0.1, 0.15) is 13.3 Å². The summed E-state index contributed by atoms with van der Waals surface area (Å²) < 4.78 is 20.1. The molecule has 0 aliphatic carbocycles. The van der Waals surface area contributed by atoms with Crippen molar-refractivity contribution in [1.82, 2.24) is 15.3 Å². The molecule has 0 radical (unpaired) electrons. The first-order valence-corrected chi connectivity index (χ1v) is 9.74. The fourth-order valence-electron chi connectivity index (χ4n) is 3.95. The molecule has 3 saturated heterocycles. The number of halogens is 1. The number of nitrogens with one attached hydrogen (secondary N) is 1. The third-order valence-corrected chi connectivity index (χ3v) is 5.46. The Morgan fingerprint density at radius 2 is 2.00 bits per heavy atom. The molecule has 3 amide bonds. The summed E-state index contributed by atoms with van der Waals surface area (Å²) in [6.07, 6.45) is -0.494. The molecule has 156 valence electrons. The second kappa shape index (κ2) is 7.86. The minimum atomic E-state index is -0.561. The third kappa shape index (κ3) is 3.98. The number of amides is 3. The number of hydrazine groups is 1. The average Bonchev–Trinajstić information content (AvgIpc) is 3.15. The van der Waals surface area contributed by atoms with E-state index in [9.17, 15) is 18.8 Å². The lowest BCUT2D eigenvalue weighted by Crippen LogP contribution is -2.39. The van der Waals surface area contributed by atoms with Crippen molar-refractivity contribution in [2.45, 2.75) is 19.4 Å². The maximum Gasteiger partial charge on any atom is 0.414 e. The van der Waals surface area contributed by atoms with Crippen molar-refractivity contribution < 1.29 is 23.5 Å². The van der Waals surface area contributed by atoms with Gasteiger partial charge in [-0.15, -0.1) is 0 Å². The van der Waals surface area contributed by atoms with Crippen molar-refractivity contribution in [2.24, 2.45) is 0 Å². The van der Waals surface area contributed by atoms with Crippen LogP contribution in [-0.2, 0) is 14.3 Å². The van der Waals surface area contributed by atoms with Crippen LogP contribution in [-0.4, -0.2) is 79.8 Å². The topological polar surface area (TPSA) is 85.4 Å². The van der Waals surface area contributed by atoms with E-state index in [0.717, 1.165) is 0 Å². The van der Waals surface area contributed by atoms with Gasteiger partial charge in [0.1, 0.15) is 11.9 Å². The van der Waals surface area contributed by atoms with E-state index >= 15 is 0 Å². The Morgan fingerprint density at radius 1 is 1.21 bits per heavy atom. The normalized spacial score (nSPS) is 22.6. The van der Waals surface area contributed by atoms with Crippen LogP contribution >= 0.6 is 0 Å². The highest BCUT2D eigenvalue weighted by Crippen LogP contribution is 2.29. The van der Waals surface area contributed by atoms with Gasteiger partial charge in [0, 0.05) is 39.5 Å². The first kappa shape index (κ1) is 19.4. The Labute approximate surface area is 167 Å². The number of anilines is 2. The zero-order valence-corrected chi connectivity index (χ0v) is 16.3. The zero-order chi connectivity index (χ0) is 20.5. The smallest absolute Gasteiger partial charge is 0.414 e. The molecule has 1 aromatic carbocycles. The molecule has 0 spiro atoms. The summed E-state index contributed by atoms with van der Waals surface area (Å²) in [6.45, 7) is 4.92. The van der Waals surface area contributed by atoms with E-state index in [4.69, 9.17) is 4.74 Å². The molecule has 0 saturated carbocycles. The van der Waals surface area contributed by atoms with Crippen molar-refractivity contribution in [3.05, 3.63) is 24.0 Å². The molecular weight excluding hydrogens is 381 g/mol. The van der Waals surface area contributed by atoms with E-state index in [1.165, 1.54) is 17.9 Å². The predicted molar refractivity (Wildman–Crippen MR) is 103 cm³/mol. The van der Waals surface area contributed by atoms with Gasteiger partial charge in [-0.2, -0.15) is 0 Å². The summed E-state index contributed by atoms with van der Waals surface area (Å²) in [5.74, 6) is -0.515. The number of fused-ring (bicyclic) bond motifs is 1. The van der Waals surface area contributed by atoms with Gasteiger partial charge < -0.3 is 15.0 Å². The molecular formula is C19H24FN5O4. The number of benzene rings is 1. The molecule has 0 aromatic heterocycles. The summed E-state index contributed by atoms with van der Waals surface area (Å²) in [7, 11) is 0. The van der Waals surface area contributed by atoms with Crippen molar-refractivity contribution >= 4 is 29.3 Å². The van der Waals surface area contributed by atoms with Crippen LogP contribution in [0.3, 0.4) is 0 Å². The monoisotopic (exact) mass is 405 g/mol. The molecule has 1 aromatic rings. The molecule has 0 bridgehead atoms. The summed E-state index contributed by atoms with van der Waals surface area (Å²) in [4.78, 5) is 38.4.